The van der Waals surface area contributed by atoms with Crippen LogP contribution >= 0.6 is 0 Å². The monoisotopic (exact) mass is 360 g/mol. The Morgan fingerprint density at radius 2 is 2.12 bits per heavy atom. The Morgan fingerprint density at radius 3 is 2.85 bits per heavy atom. The molecule has 1 aromatic heterocycles. The third-order valence-electron chi connectivity index (χ3n) is 6.30. The van der Waals surface area contributed by atoms with Gasteiger partial charge < -0.3 is 11.1 Å². The van der Waals surface area contributed by atoms with Gasteiger partial charge in [-0.1, -0.05) is 19.3 Å². The summed E-state index contributed by atoms with van der Waals surface area (Å²) in [6.07, 6.45) is 7.56. The molecular formula is C19H32N6O. The number of nitrogens with one attached hydrogen (secondary N) is 1. The number of carbonyl (C=O) groups excluding carboxylic acids is 1. The molecule has 1 amide bonds. The van der Waals surface area contributed by atoms with Gasteiger partial charge in [-0.25, -0.2) is 0 Å². The van der Waals surface area contributed by atoms with E-state index in [0.29, 0.717) is 6.54 Å². The second kappa shape index (κ2) is 7.66. The van der Waals surface area contributed by atoms with Crippen LogP contribution in [0.5, 0.6) is 0 Å². The number of carbonyl (C=O) groups is 1. The second-order valence-electron chi connectivity index (χ2n) is 8.28. The van der Waals surface area contributed by atoms with Gasteiger partial charge in [0.25, 0.3) is 0 Å². The van der Waals surface area contributed by atoms with Gasteiger partial charge in [0.1, 0.15) is 0 Å². The zero-order valence-electron chi connectivity index (χ0n) is 15.9. The van der Waals surface area contributed by atoms with Gasteiger partial charge in [-0.2, -0.15) is 5.10 Å². The van der Waals surface area contributed by atoms with Crippen molar-refractivity contribution in [2.75, 3.05) is 20.1 Å². The SMILES string of the molecule is CN1C[C@@H](N)C[C@H]1C(=O)NCc1cc2n(n1)CCN(C1CCCCC1)C2. The number of fused-ring (bicyclic) bond motifs is 1. The summed E-state index contributed by atoms with van der Waals surface area (Å²) < 4.78 is 2.12. The molecule has 1 aliphatic carbocycles. The van der Waals surface area contributed by atoms with Gasteiger partial charge in [0.2, 0.25) is 5.91 Å². The van der Waals surface area contributed by atoms with Crippen molar-refractivity contribution >= 4 is 5.91 Å². The van der Waals surface area contributed by atoms with Crippen LogP contribution in [0.25, 0.3) is 0 Å². The number of hydrogen-bond acceptors (Lipinski definition) is 5. The molecule has 1 aromatic rings. The molecule has 0 bridgehead atoms. The van der Waals surface area contributed by atoms with Crippen molar-refractivity contribution in [1.29, 1.82) is 0 Å². The van der Waals surface area contributed by atoms with Gasteiger partial charge in [0.05, 0.1) is 30.5 Å². The molecule has 1 saturated heterocycles. The van der Waals surface area contributed by atoms with E-state index in [1.54, 1.807) is 0 Å². The van der Waals surface area contributed by atoms with E-state index in [9.17, 15) is 4.79 Å². The topological polar surface area (TPSA) is 79.4 Å². The molecule has 2 aliphatic heterocycles. The number of rotatable bonds is 4. The molecular weight excluding hydrogens is 328 g/mol. The second-order valence-corrected chi connectivity index (χ2v) is 8.28. The van der Waals surface area contributed by atoms with Crippen LogP contribution in [0.4, 0.5) is 0 Å². The van der Waals surface area contributed by atoms with E-state index in [2.05, 4.69) is 21.0 Å². The summed E-state index contributed by atoms with van der Waals surface area (Å²) in [5, 5.41) is 7.75. The highest BCUT2D eigenvalue weighted by molar-refractivity contribution is 5.82. The maximum Gasteiger partial charge on any atom is 0.237 e. The highest BCUT2D eigenvalue weighted by Crippen LogP contribution is 2.26. The van der Waals surface area contributed by atoms with Crippen LogP contribution in [-0.2, 0) is 24.4 Å². The van der Waals surface area contributed by atoms with E-state index >= 15 is 0 Å². The third-order valence-corrected chi connectivity index (χ3v) is 6.30. The Kier molecular flexibility index (Phi) is 5.29. The van der Waals surface area contributed by atoms with Crippen molar-refractivity contribution < 1.29 is 4.79 Å². The average molecular weight is 361 g/mol. The lowest BCUT2D eigenvalue weighted by atomic mass is 9.94. The average Bonchev–Trinajstić information content (AvgIpc) is 3.21. The van der Waals surface area contributed by atoms with Gasteiger partial charge in [-0.05, 0) is 32.4 Å². The fraction of sp³-hybridized carbons (Fsp3) is 0.789. The third kappa shape index (κ3) is 3.80. The summed E-state index contributed by atoms with van der Waals surface area (Å²) in [6, 6.07) is 2.91. The van der Waals surface area contributed by atoms with Crippen LogP contribution in [0.2, 0.25) is 0 Å². The van der Waals surface area contributed by atoms with E-state index < -0.39 is 0 Å². The summed E-state index contributed by atoms with van der Waals surface area (Å²) in [5.41, 5.74) is 8.20. The van der Waals surface area contributed by atoms with E-state index in [1.807, 2.05) is 11.9 Å². The zero-order valence-corrected chi connectivity index (χ0v) is 15.9. The van der Waals surface area contributed by atoms with E-state index in [-0.39, 0.29) is 18.0 Å². The first-order valence-electron chi connectivity index (χ1n) is 10.1. The number of hydrogen-bond donors (Lipinski definition) is 2. The molecule has 7 heteroatoms. The lowest BCUT2D eigenvalue weighted by Crippen LogP contribution is -2.42. The number of likely N-dealkylation sites (N-methyl/N-ethyl adjacent to an activating group) is 1. The smallest absolute Gasteiger partial charge is 0.237 e. The van der Waals surface area contributed by atoms with Crippen LogP contribution in [0.1, 0.15) is 49.9 Å². The van der Waals surface area contributed by atoms with Crippen molar-refractivity contribution in [2.45, 2.75) is 76.3 Å². The maximum atomic E-state index is 12.4. The molecule has 0 spiro atoms. The predicted molar refractivity (Wildman–Crippen MR) is 100 cm³/mol. The van der Waals surface area contributed by atoms with Crippen LogP contribution in [0.3, 0.4) is 0 Å². The maximum absolute atomic E-state index is 12.4. The molecule has 3 heterocycles. The van der Waals surface area contributed by atoms with Crippen molar-refractivity contribution in [2.24, 2.45) is 5.73 Å². The molecule has 0 radical (unpaired) electrons. The number of aromatic nitrogens is 2. The van der Waals surface area contributed by atoms with Crippen molar-refractivity contribution in [1.82, 2.24) is 24.9 Å². The van der Waals surface area contributed by atoms with Crippen molar-refractivity contribution in [3.05, 3.63) is 17.5 Å². The van der Waals surface area contributed by atoms with E-state index in [0.717, 1.165) is 44.3 Å². The molecule has 0 aromatic carbocycles. The molecule has 4 rings (SSSR count). The minimum absolute atomic E-state index is 0.0651. The van der Waals surface area contributed by atoms with Gasteiger partial charge in [-0.3, -0.25) is 19.3 Å². The fourth-order valence-corrected chi connectivity index (χ4v) is 4.83. The van der Waals surface area contributed by atoms with E-state index in [4.69, 9.17) is 10.8 Å². The molecule has 7 nitrogen and oxygen atoms in total. The number of likely N-dealkylation sites (tertiary alicyclic amines) is 1. The predicted octanol–water partition coefficient (Wildman–Crippen LogP) is 0.679. The van der Waals surface area contributed by atoms with Gasteiger partial charge in [-0.15, -0.1) is 0 Å². The zero-order chi connectivity index (χ0) is 18.1. The lowest BCUT2D eigenvalue weighted by Gasteiger charge is -2.36. The summed E-state index contributed by atoms with van der Waals surface area (Å²) in [7, 11) is 1.96. The number of amides is 1. The first kappa shape index (κ1) is 17.9. The minimum Gasteiger partial charge on any atom is -0.349 e. The van der Waals surface area contributed by atoms with Crippen molar-refractivity contribution in [3.63, 3.8) is 0 Å². The highest BCUT2D eigenvalue weighted by Gasteiger charge is 2.32. The Labute approximate surface area is 155 Å². The van der Waals surface area contributed by atoms with Gasteiger partial charge in [0, 0.05) is 31.7 Å². The molecule has 144 valence electrons. The van der Waals surface area contributed by atoms with Crippen LogP contribution in [0.15, 0.2) is 6.07 Å². The summed E-state index contributed by atoms with van der Waals surface area (Å²) in [4.78, 5) is 17.1. The Hall–Kier alpha value is -1.44. The Bertz CT molecular complexity index is 638. The van der Waals surface area contributed by atoms with E-state index in [1.165, 1.54) is 37.8 Å². The summed E-state index contributed by atoms with van der Waals surface area (Å²) >= 11 is 0. The van der Waals surface area contributed by atoms with Crippen LogP contribution in [0, 0.1) is 0 Å². The first-order chi connectivity index (χ1) is 12.6. The standard InChI is InChI=1S/C19H32N6O/c1-23-12-14(20)9-18(23)19(26)21-11-15-10-17-13-24(7-8-25(17)22-15)16-5-3-2-4-6-16/h10,14,16,18H,2-9,11-13,20H2,1H3,(H,21,26)/t14-,18-/m0/s1. The normalized spacial score (nSPS) is 28.2. The molecule has 26 heavy (non-hydrogen) atoms. The first-order valence-corrected chi connectivity index (χ1v) is 10.1. The van der Waals surface area contributed by atoms with Gasteiger partial charge in [0.15, 0.2) is 0 Å². The minimum atomic E-state index is -0.107. The molecule has 2 atom stereocenters. The van der Waals surface area contributed by atoms with Crippen LogP contribution in [-0.4, -0.2) is 63.8 Å². The lowest BCUT2D eigenvalue weighted by molar-refractivity contribution is -0.125. The quantitative estimate of drug-likeness (QED) is 0.825. The fourth-order valence-electron chi connectivity index (χ4n) is 4.83. The van der Waals surface area contributed by atoms with Crippen LogP contribution < -0.4 is 11.1 Å². The van der Waals surface area contributed by atoms with Crippen molar-refractivity contribution in [3.8, 4) is 0 Å². The molecule has 2 fully saturated rings. The largest absolute Gasteiger partial charge is 0.349 e. The summed E-state index contributed by atoms with van der Waals surface area (Å²) in [6.45, 7) is 4.33. The molecule has 0 unspecified atom stereocenters. The number of nitrogens with two attached hydrogens (primary N) is 1. The molecule has 1 saturated carbocycles. The Balaban J connectivity index is 1.32. The summed E-state index contributed by atoms with van der Waals surface area (Å²) in [5.74, 6) is 0.0651. The number of nitrogens with zero attached hydrogens (tertiary/aromatic N) is 4. The highest BCUT2D eigenvalue weighted by atomic mass is 16.2. The Morgan fingerprint density at radius 1 is 1.31 bits per heavy atom. The molecule has 3 aliphatic rings. The van der Waals surface area contributed by atoms with Gasteiger partial charge >= 0.3 is 0 Å². The molecule has 3 N–H and O–H groups in total.